The van der Waals surface area contributed by atoms with Crippen molar-refractivity contribution in [2.45, 2.75) is 26.1 Å². The molecule has 2 N–H and O–H groups in total. The lowest BCUT2D eigenvalue weighted by Gasteiger charge is -2.37. The van der Waals surface area contributed by atoms with Crippen LogP contribution in [0.15, 0.2) is 88.5 Å². The van der Waals surface area contributed by atoms with Gasteiger partial charge < -0.3 is 15.5 Å². The number of carbonyl (C=O) groups excluding carboxylic acids is 1. The summed E-state index contributed by atoms with van der Waals surface area (Å²) >= 11 is 0. The number of aromatic nitrogens is 2. The van der Waals surface area contributed by atoms with E-state index in [0.29, 0.717) is 31.7 Å². The van der Waals surface area contributed by atoms with Crippen LogP contribution in [0.3, 0.4) is 0 Å². The Morgan fingerprint density at radius 1 is 0.829 bits per heavy atom. The number of hydrogen-bond donors (Lipinski definition) is 1. The molecule has 2 heterocycles. The Balaban J connectivity index is 1.52. The lowest BCUT2D eigenvalue weighted by Crippen LogP contribution is -2.52. The van der Waals surface area contributed by atoms with Crippen LogP contribution >= 0.6 is 0 Å². The van der Waals surface area contributed by atoms with Crippen molar-refractivity contribution in [3.05, 3.63) is 134 Å². The van der Waals surface area contributed by atoms with Gasteiger partial charge in [-0.2, -0.15) is 0 Å². The Kier molecular flexibility index (Phi) is 8.11. The molecule has 1 aliphatic rings. The van der Waals surface area contributed by atoms with Crippen molar-refractivity contribution in [3.8, 4) is 0 Å². The summed E-state index contributed by atoms with van der Waals surface area (Å²) in [5.41, 5.74) is 6.73. The molecule has 0 saturated carbocycles. The first-order chi connectivity index (χ1) is 19.8. The molecule has 5 rings (SSSR count). The maximum absolute atomic E-state index is 14.6. The molecule has 1 amide bonds. The fraction of sp³-hybridized carbons (Fsp3) is 0.258. The van der Waals surface area contributed by atoms with Crippen molar-refractivity contribution in [2.24, 2.45) is 5.73 Å². The van der Waals surface area contributed by atoms with Crippen LogP contribution < -0.4 is 21.9 Å². The number of anilines is 1. The fourth-order valence-electron chi connectivity index (χ4n) is 5.24. The van der Waals surface area contributed by atoms with E-state index in [2.05, 4.69) is 0 Å². The molecule has 0 radical (unpaired) electrons. The van der Waals surface area contributed by atoms with Gasteiger partial charge in [0.05, 0.1) is 13.1 Å². The number of hydrogen-bond acceptors (Lipinski definition) is 5. The lowest BCUT2D eigenvalue weighted by molar-refractivity contribution is 0.0746. The molecule has 0 aliphatic carbocycles. The van der Waals surface area contributed by atoms with Crippen LogP contribution in [0, 0.1) is 18.6 Å². The lowest BCUT2D eigenvalue weighted by atomic mass is 10.1. The molecular weight excluding hydrogens is 528 g/mol. The zero-order valence-corrected chi connectivity index (χ0v) is 22.7. The van der Waals surface area contributed by atoms with Crippen LogP contribution in [-0.2, 0) is 13.1 Å². The summed E-state index contributed by atoms with van der Waals surface area (Å²) in [6.45, 7) is 2.47. The second-order valence-electron chi connectivity index (χ2n) is 10.1. The highest BCUT2D eigenvalue weighted by Gasteiger charge is 2.28. The number of halogens is 2. The van der Waals surface area contributed by atoms with Gasteiger partial charge in [0.25, 0.3) is 11.5 Å². The highest BCUT2D eigenvalue weighted by Crippen LogP contribution is 2.21. The maximum Gasteiger partial charge on any atom is 0.331 e. The summed E-state index contributed by atoms with van der Waals surface area (Å²) in [5, 5.41) is 0. The predicted molar refractivity (Wildman–Crippen MR) is 153 cm³/mol. The van der Waals surface area contributed by atoms with Crippen molar-refractivity contribution in [2.75, 3.05) is 31.1 Å². The SMILES string of the molecule is Cc1c(N2CCN(C(=O)c3ccccc3)CC2)c(=O)n(C[C@H](N)c2ccccc2)c(=O)n1Cc1c(F)cccc1F. The van der Waals surface area contributed by atoms with Crippen molar-refractivity contribution in [3.63, 3.8) is 0 Å². The molecule has 3 aromatic carbocycles. The topological polar surface area (TPSA) is 93.6 Å². The van der Waals surface area contributed by atoms with Gasteiger partial charge in [0.1, 0.15) is 17.3 Å². The maximum atomic E-state index is 14.6. The van der Waals surface area contributed by atoms with Crippen molar-refractivity contribution in [1.82, 2.24) is 14.0 Å². The van der Waals surface area contributed by atoms with E-state index in [0.717, 1.165) is 22.3 Å². The second kappa shape index (κ2) is 11.9. The third-order valence-corrected chi connectivity index (χ3v) is 7.55. The number of nitrogens with zero attached hydrogens (tertiary/aromatic N) is 4. The minimum Gasteiger partial charge on any atom is -0.362 e. The van der Waals surface area contributed by atoms with E-state index < -0.39 is 35.5 Å². The first kappa shape index (κ1) is 28.0. The molecule has 0 unspecified atom stereocenters. The normalized spacial score (nSPS) is 14.2. The summed E-state index contributed by atoms with van der Waals surface area (Å²) in [5.74, 6) is -1.68. The van der Waals surface area contributed by atoms with Gasteiger partial charge in [-0.05, 0) is 36.8 Å². The average molecular weight is 560 g/mol. The molecule has 10 heteroatoms. The molecule has 1 saturated heterocycles. The first-order valence-electron chi connectivity index (χ1n) is 13.4. The molecule has 1 aliphatic heterocycles. The van der Waals surface area contributed by atoms with E-state index in [1.807, 2.05) is 29.2 Å². The molecule has 41 heavy (non-hydrogen) atoms. The van der Waals surface area contributed by atoms with Gasteiger partial charge in [-0.15, -0.1) is 0 Å². The Morgan fingerprint density at radius 2 is 1.41 bits per heavy atom. The largest absolute Gasteiger partial charge is 0.362 e. The standard InChI is InChI=1S/C31H31F2N5O3/c1-21-28(35-15-17-36(18-16-35)29(39)23-11-6-3-7-12-23)30(40)38(20-27(34)22-9-4-2-5-10-22)31(41)37(21)19-24-25(32)13-8-14-26(24)33/h2-14,27H,15-20,34H2,1H3/t27-/m0/s1. The van der Waals surface area contributed by atoms with Gasteiger partial charge in [0, 0.05) is 49.0 Å². The summed E-state index contributed by atoms with van der Waals surface area (Å²) in [4.78, 5) is 44.1. The van der Waals surface area contributed by atoms with Gasteiger partial charge >= 0.3 is 5.69 Å². The summed E-state index contributed by atoms with van der Waals surface area (Å²) in [7, 11) is 0. The van der Waals surface area contributed by atoms with Gasteiger partial charge in [0.2, 0.25) is 0 Å². The number of benzene rings is 3. The zero-order valence-electron chi connectivity index (χ0n) is 22.7. The van der Waals surface area contributed by atoms with E-state index >= 15 is 0 Å². The zero-order chi connectivity index (χ0) is 29.1. The number of piperazine rings is 1. The van der Waals surface area contributed by atoms with Crippen LogP contribution in [0.25, 0.3) is 0 Å². The van der Waals surface area contributed by atoms with E-state index in [9.17, 15) is 23.2 Å². The Bertz CT molecular complexity index is 1640. The fourth-order valence-corrected chi connectivity index (χ4v) is 5.24. The first-order valence-corrected chi connectivity index (χ1v) is 13.4. The molecule has 1 atom stereocenters. The predicted octanol–water partition coefficient (Wildman–Crippen LogP) is 3.31. The van der Waals surface area contributed by atoms with Gasteiger partial charge in [-0.25, -0.2) is 13.6 Å². The summed E-state index contributed by atoms with van der Waals surface area (Å²) in [6.07, 6.45) is 0. The van der Waals surface area contributed by atoms with Gasteiger partial charge in [-0.3, -0.25) is 18.7 Å². The van der Waals surface area contributed by atoms with Crippen LogP contribution in [0.2, 0.25) is 0 Å². The number of nitrogens with two attached hydrogens (primary N) is 1. The Labute approximate surface area is 235 Å². The van der Waals surface area contributed by atoms with E-state index in [1.54, 1.807) is 48.2 Å². The van der Waals surface area contributed by atoms with Gasteiger partial charge in [0.15, 0.2) is 0 Å². The molecule has 0 bridgehead atoms. The van der Waals surface area contributed by atoms with Crippen LogP contribution in [0.1, 0.15) is 33.2 Å². The Hall–Kier alpha value is -4.57. The van der Waals surface area contributed by atoms with E-state index in [4.69, 9.17) is 5.73 Å². The summed E-state index contributed by atoms with van der Waals surface area (Å²) in [6, 6.07) is 20.9. The van der Waals surface area contributed by atoms with E-state index in [-0.39, 0.29) is 29.4 Å². The molecule has 212 valence electrons. The third-order valence-electron chi connectivity index (χ3n) is 7.55. The van der Waals surface area contributed by atoms with Crippen LogP contribution in [-0.4, -0.2) is 46.1 Å². The number of rotatable bonds is 7. The third kappa shape index (κ3) is 5.69. The molecule has 0 spiro atoms. The molecule has 8 nitrogen and oxygen atoms in total. The molecule has 4 aromatic rings. The van der Waals surface area contributed by atoms with Crippen molar-refractivity contribution in [1.29, 1.82) is 0 Å². The molecular formula is C31H31F2N5O3. The second-order valence-corrected chi connectivity index (χ2v) is 10.1. The van der Waals surface area contributed by atoms with Gasteiger partial charge in [-0.1, -0.05) is 54.6 Å². The smallest absolute Gasteiger partial charge is 0.331 e. The number of amides is 1. The minimum atomic E-state index is -0.787. The quantitative estimate of drug-likeness (QED) is 0.375. The van der Waals surface area contributed by atoms with Crippen LogP contribution in [0.4, 0.5) is 14.5 Å². The Morgan fingerprint density at radius 3 is 2.02 bits per heavy atom. The molecule has 1 aromatic heterocycles. The number of carbonyl (C=O) groups is 1. The molecule has 1 fully saturated rings. The highest BCUT2D eigenvalue weighted by atomic mass is 19.1. The van der Waals surface area contributed by atoms with Crippen molar-refractivity contribution >= 4 is 11.6 Å². The monoisotopic (exact) mass is 559 g/mol. The average Bonchev–Trinajstić information content (AvgIpc) is 2.99. The minimum absolute atomic E-state index is 0.104. The van der Waals surface area contributed by atoms with E-state index in [1.165, 1.54) is 10.6 Å². The van der Waals surface area contributed by atoms with Crippen LogP contribution in [0.5, 0.6) is 0 Å². The van der Waals surface area contributed by atoms with Crippen molar-refractivity contribution < 1.29 is 13.6 Å². The highest BCUT2D eigenvalue weighted by molar-refractivity contribution is 5.94. The summed E-state index contributed by atoms with van der Waals surface area (Å²) < 4.78 is 31.5.